The minimum Gasteiger partial charge on any atom is -0.423 e. The highest BCUT2D eigenvalue weighted by Gasteiger charge is 2.18. The van der Waals surface area contributed by atoms with Gasteiger partial charge in [-0.2, -0.15) is 0 Å². The molecule has 0 radical (unpaired) electrons. The lowest BCUT2D eigenvalue weighted by Crippen LogP contribution is -2.29. The van der Waals surface area contributed by atoms with Gasteiger partial charge in [-0.3, -0.25) is 0 Å². The third kappa shape index (κ3) is 3.66. The maximum absolute atomic E-state index is 9.63. The summed E-state index contributed by atoms with van der Waals surface area (Å²) in [5.41, 5.74) is 3.24. The van der Waals surface area contributed by atoms with Gasteiger partial charge in [-0.15, -0.1) is 11.3 Å². The van der Waals surface area contributed by atoms with E-state index in [-0.39, 0.29) is 0 Å². The van der Waals surface area contributed by atoms with Gasteiger partial charge >= 0.3 is 7.12 Å². The van der Waals surface area contributed by atoms with Crippen molar-refractivity contribution in [3.63, 3.8) is 0 Å². The van der Waals surface area contributed by atoms with Gasteiger partial charge in [0, 0.05) is 31.5 Å². The van der Waals surface area contributed by atoms with Crippen LogP contribution in [0.3, 0.4) is 0 Å². The Bertz CT molecular complexity index is 1580. The molecule has 0 spiro atoms. The molecule has 162 valence electrons. The van der Waals surface area contributed by atoms with Crippen LogP contribution in [0.2, 0.25) is 0 Å². The van der Waals surface area contributed by atoms with E-state index in [0.29, 0.717) is 22.9 Å². The van der Waals surface area contributed by atoms with Crippen molar-refractivity contribution in [2.45, 2.75) is 0 Å². The van der Waals surface area contributed by atoms with E-state index >= 15 is 0 Å². The number of fused-ring (bicyclic) bond motifs is 3. The van der Waals surface area contributed by atoms with Gasteiger partial charge in [0.05, 0.1) is 0 Å². The summed E-state index contributed by atoms with van der Waals surface area (Å²) in [5, 5.41) is 21.3. The molecular weight excluding hydrogens is 441 g/mol. The van der Waals surface area contributed by atoms with Crippen LogP contribution in [0, 0.1) is 0 Å². The molecule has 0 fully saturated rings. The molecule has 0 atom stereocenters. The summed E-state index contributed by atoms with van der Waals surface area (Å²) < 4.78 is 2.11. The molecule has 0 bridgehead atoms. The lowest BCUT2D eigenvalue weighted by molar-refractivity contribution is 0.426. The summed E-state index contributed by atoms with van der Waals surface area (Å²) in [5.74, 6) is 1.84. The summed E-state index contributed by atoms with van der Waals surface area (Å²) in [6, 6.07) is 31.4. The van der Waals surface area contributed by atoms with E-state index in [2.05, 4.69) is 0 Å². The van der Waals surface area contributed by atoms with Crippen molar-refractivity contribution in [2.24, 2.45) is 0 Å². The van der Waals surface area contributed by atoms with E-state index < -0.39 is 7.12 Å². The van der Waals surface area contributed by atoms with Crippen LogP contribution in [0.1, 0.15) is 0 Å². The van der Waals surface area contributed by atoms with Crippen molar-refractivity contribution < 1.29 is 10.0 Å². The smallest absolute Gasteiger partial charge is 0.423 e. The third-order valence-electron chi connectivity index (χ3n) is 5.76. The van der Waals surface area contributed by atoms with Crippen molar-refractivity contribution in [3.05, 3.63) is 97.1 Å². The van der Waals surface area contributed by atoms with Crippen LogP contribution in [0.25, 0.3) is 54.3 Å². The Morgan fingerprint density at radius 1 is 0.588 bits per heavy atom. The molecule has 0 aliphatic rings. The lowest BCUT2D eigenvalue weighted by atomic mass is 9.80. The summed E-state index contributed by atoms with van der Waals surface area (Å²) in [4.78, 5) is 14.5. The highest BCUT2D eigenvalue weighted by molar-refractivity contribution is 7.26. The molecule has 5 nitrogen and oxygen atoms in total. The Kier molecular flexibility index (Phi) is 5.15. The van der Waals surface area contributed by atoms with Crippen molar-refractivity contribution in [3.8, 4) is 34.2 Å². The molecule has 0 unspecified atom stereocenters. The van der Waals surface area contributed by atoms with Crippen LogP contribution < -0.4 is 5.46 Å². The van der Waals surface area contributed by atoms with E-state index in [1.807, 2.05) is 91.0 Å². The highest BCUT2D eigenvalue weighted by atomic mass is 32.1. The summed E-state index contributed by atoms with van der Waals surface area (Å²) in [7, 11) is -1.51. The van der Waals surface area contributed by atoms with Crippen LogP contribution in [0.4, 0.5) is 0 Å². The number of aromatic nitrogens is 3. The average Bonchev–Trinajstić information content (AvgIpc) is 3.27. The first-order valence-electron chi connectivity index (χ1n) is 10.9. The predicted molar refractivity (Wildman–Crippen MR) is 139 cm³/mol. The molecule has 2 aromatic heterocycles. The third-order valence-corrected chi connectivity index (χ3v) is 6.98. The largest absolute Gasteiger partial charge is 0.488 e. The molecule has 0 aliphatic carbocycles. The molecular formula is C27H18BN3O2S. The van der Waals surface area contributed by atoms with Crippen LogP contribution in [-0.2, 0) is 0 Å². The average molecular weight is 459 g/mol. The number of hydrogen-bond donors (Lipinski definition) is 2. The first kappa shape index (κ1) is 20.7. The minimum atomic E-state index is -1.51. The van der Waals surface area contributed by atoms with Crippen molar-refractivity contribution in [1.29, 1.82) is 0 Å². The zero-order valence-corrected chi connectivity index (χ0v) is 18.8. The fraction of sp³-hybridized carbons (Fsp3) is 0. The molecule has 0 amide bonds. The van der Waals surface area contributed by atoms with Crippen LogP contribution in [-0.4, -0.2) is 32.1 Å². The number of benzene rings is 4. The topological polar surface area (TPSA) is 79.1 Å². The maximum atomic E-state index is 9.63. The van der Waals surface area contributed by atoms with Crippen molar-refractivity contribution in [2.75, 3.05) is 0 Å². The normalized spacial score (nSPS) is 11.2. The number of nitrogens with zero attached hydrogens (tertiary/aromatic N) is 3. The molecule has 6 rings (SSSR count). The zero-order valence-electron chi connectivity index (χ0n) is 18.0. The number of thiophene rings is 1. The second kappa shape index (κ2) is 8.46. The molecule has 0 aliphatic heterocycles. The van der Waals surface area contributed by atoms with Gasteiger partial charge in [0.15, 0.2) is 17.5 Å². The molecule has 6 aromatic rings. The number of hydrogen-bond acceptors (Lipinski definition) is 6. The Balaban J connectivity index is 1.60. The molecule has 0 saturated carbocycles. The van der Waals surface area contributed by atoms with E-state index in [1.54, 1.807) is 17.4 Å². The first-order valence-corrected chi connectivity index (χ1v) is 11.7. The van der Waals surface area contributed by atoms with E-state index in [4.69, 9.17) is 15.0 Å². The Morgan fingerprint density at radius 2 is 1.21 bits per heavy atom. The van der Waals surface area contributed by atoms with E-state index in [9.17, 15) is 10.0 Å². The first-order chi connectivity index (χ1) is 16.7. The summed E-state index contributed by atoms with van der Waals surface area (Å²) in [6.07, 6.45) is 0. The fourth-order valence-electron chi connectivity index (χ4n) is 4.08. The predicted octanol–water partition coefficient (Wildman–Crippen LogP) is 4.92. The van der Waals surface area contributed by atoms with Gasteiger partial charge in [-0.25, -0.2) is 15.0 Å². The maximum Gasteiger partial charge on any atom is 0.488 e. The highest BCUT2D eigenvalue weighted by Crippen LogP contribution is 2.39. The minimum absolute atomic E-state index is 0.468. The van der Waals surface area contributed by atoms with Crippen LogP contribution in [0.5, 0.6) is 0 Å². The molecule has 7 heteroatoms. The quantitative estimate of drug-likeness (QED) is 0.366. The van der Waals surface area contributed by atoms with Gasteiger partial charge in [0.25, 0.3) is 0 Å². The van der Waals surface area contributed by atoms with E-state index in [0.717, 1.165) is 36.9 Å². The second-order valence-corrected chi connectivity index (χ2v) is 9.00. The SMILES string of the molecule is OB(O)c1ccc2sc3c(-c4nc(-c5ccccc5)nc(-c5ccccc5)n4)cccc3c2c1. The molecule has 4 aromatic carbocycles. The standard InChI is InChI=1S/C27H18BN3O2S/c32-28(33)19-14-15-23-22(16-19)20-12-7-13-21(24(20)34-23)27-30-25(17-8-3-1-4-9-17)29-26(31-27)18-10-5-2-6-11-18/h1-16,32-33H. The van der Waals surface area contributed by atoms with E-state index in [1.165, 1.54) is 0 Å². The van der Waals surface area contributed by atoms with Gasteiger partial charge < -0.3 is 10.0 Å². The molecule has 34 heavy (non-hydrogen) atoms. The Labute approximate surface area is 200 Å². The lowest BCUT2D eigenvalue weighted by Gasteiger charge is -2.09. The summed E-state index contributed by atoms with van der Waals surface area (Å²) >= 11 is 1.64. The van der Waals surface area contributed by atoms with Crippen molar-refractivity contribution in [1.82, 2.24) is 15.0 Å². The Morgan fingerprint density at radius 3 is 1.82 bits per heavy atom. The fourth-order valence-corrected chi connectivity index (χ4v) is 5.27. The monoisotopic (exact) mass is 459 g/mol. The molecule has 2 heterocycles. The number of rotatable bonds is 4. The second-order valence-electron chi connectivity index (χ2n) is 7.95. The molecule has 2 N–H and O–H groups in total. The van der Waals surface area contributed by atoms with Gasteiger partial charge in [-0.1, -0.05) is 84.9 Å². The van der Waals surface area contributed by atoms with Gasteiger partial charge in [0.2, 0.25) is 0 Å². The summed E-state index contributed by atoms with van der Waals surface area (Å²) in [6.45, 7) is 0. The van der Waals surface area contributed by atoms with Crippen molar-refractivity contribution >= 4 is 44.1 Å². The zero-order chi connectivity index (χ0) is 23.1. The Hall–Kier alpha value is -3.91. The van der Waals surface area contributed by atoms with Crippen LogP contribution >= 0.6 is 11.3 Å². The van der Waals surface area contributed by atoms with Crippen LogP contribution in [0.15, 0.2) is 97.1 Å². The van der Waals surface area contributed by atoms with Gasteiger partial charge in [-0.05, 0) is 23.0 Å². The molecule has 0 saturated heterocycles. The van der Waals surface area contributed by atoms with Gasteiger partial charge in [0.1, 0.15) is 0 Å².